The highest BCUT2D eigenvalue weighted by molar-refractivity contribution is 7.11. The van der Waals surface area contributed by atoms with Crippen molar-refractivity contribution in [2.24, 2.45) is 11.1 Å². The zero-order valence-electron chi connectivity index (χ0n) is 15.7. The highest BCUT2D eigenvalue weighted by atomic mass is 32.1. The predicted molar refractivity (Wildman–Crippen MR) is 101 cm³/mol. The molecule has 0 aliphatic heterocycles. The molecular formula is C19H31N3O2S. The summed E-state index contributed by atoms with van der Waals surface area (Å²) in [7, 11) is 0. The third-order valence-corrected chi connectivity index (χ3v) is 7.20. The van der Waals surface area contributed by atoms with Crippen LogP contribution < -0.4 is 11.1 Å². The van der Waals surface area contributed by atoms with E-state index >= 15 is 0 Å². The van der Waals surface area contributed by atoms with Gasteiger partial charge < -0.3 is 15.8 Å². The average molecular weight is 366 g/mol. The van der Waals surface area contributed by atoms with E-state index in [1.165, 1.54) is 34.8 Å². The van der Waals surface area contributed by atoms with Crippen LogP contribution in [-0.4, -0.2) is 35.7 Å². The minimum atomic E-state index is -0.826. The number of nitrogens with one attached hydrogen (secondary N) is 1. The van der Waals surface area contributed by atoms with Gasteiger partial charge in [-0.3, -0.25) is 4.79 Å². The molecule has 0 saturated heterocycles. The van der Waals surface area contributed by atoms with E-state index in [-0.39, 0.29) is 17.4 Å². The number of hydrogen-bond acceptors (Lipinski definition) is 5. The van der Waals surface area contributed by atoms with Gasteiger partial charge in [0.2, 0.25) is 5.91 Å². The van der Waals surface area contributed by atoms with Crippen molar-refractivity contribution < 1.29 is 9.53 Å². The van der Waals surface area contributed by atoms with Gasteiger partial charge in [0.05, 0.1) is 16.8 Å². The second-order valence-corrected chi connectivity index (χ2v) is 9.05. The van der Waals surface area contributed by atoms with Crippen LogP contribution in [0.15, 0.2) is 0 Å². The van der Waals surface area contributed by atoms with Gasteiger partial charge in [0.1, 0.15) is 5.54 Å². The highest BCUT2D eigenvalue weighted by Crippen LogP contribution is 2.49. The Balaban J connectivity index is 1.44. The Morgan fingerprint density at radius 3 is 2.84 bits per heavy atom. The summed E-state index contributed by atoms with van der Waals surface area (Å²) in [5, 5.41) is 4.24. The Bertz CT molecular complexity index is 605. The molecule has 0 spiro atoms. The summed E-state index contributed by atoms with van der Waals surface area (Å²) in [5.74, 6) is -0.0492. The Kier molecular flexibility index (Phi) is 5.51. The number of aryl methyl sites for hydroxylation is 3. The van der Waals surface area contributed by atoms with Gasteiger partial charge >= 0.3 is 0 Å². The van der Waals surface area contributed by atoms with Crippen molar-refractivity contribution in [2.45, 2.75) is 77.4 Å². The van der Waals surface area contributed by atoms with Crippen LogP contribution in [0.2, 0.25) is 0 Å². The van der Waals surface area contributed by atoms with Crippen molar-refractivity contribution in [3.05, 3.63) is 15.6 Å². The van der Waals surface area contributed by atoms with Gasteiger partial charge in [0.15, 0.2) is 0 Å². The Labute approximate surface area is 154 Å². The number of carbonyl (C=O) groups is 1. The van der Waals surface area contributed by atoms with Gasteiger partial charge in [-0.05, 0) is 39.0 Å². The summed E-state index contributed by atoms with van der Waals surface area (Å²) < 4.78 is 5.70. The minimum Gasteiger partial charge on any atom is -0.378 e. The van der Waals surface area contributed by atoms with E-state index in [4.69, 9.17) is 15.5 Å². The minimum absolute atomic E-state index is 0.0492. The molecule has 2 atom stereocenters. The number of nitrogens with zero attached hydrogens (tertiary/aromatic N) is 1. The van der Waals surface area contributed by atoms with Gasteiger partial charge in [0.25, 0.3) is 0 Å². The van der Waals surface area contributed by atoms with Crippen LogP contribution in [0.1, 0.15) is 62.0 Å². The molecule has 1 heterocycles. The first-order valence-corrected chi connectivity index (χ1v) is 10.4. The smallest absolute Gasteiger partial charge is 0.240 e. The number of nitrogens with two attached hydrogens (primary N) is 1. The zero-order valence-corrected chi connectivity index (χ0v) is 16.5. The number of carbonyl (C=O) groups excluding carboxylic acids is 1. The number of hydrogen-bond donors (Lipinski definition) is 2. The molecule has 1 saturated carbocycles. The van der Waals surface area contributed by atoms with E-state index in [2.05, 4.69) is 5.32 Å². The van der Waals surface area contributed by atoms with E-state index < -0.39 is 5.54 Å². The van der Waals surface area contributed by atoms with E-state index in [0.717, 1.165) is 19.3 Å². The first-order valence-electron chi connectivity index (χ1n) is 9.54. The maximum Gasteiger partial charge on any atom is 0.240 e. The second-order valence-electron chi connectivity index (χ2n) is 7.89. The molecule has 0 aromatic carbocycles. The average Bonchev–Trinajstić information content (AvgIpc) is 3.00. The van der Waals surface area contributed by atoms with Crippen molar-refractivity contribution in [1.29, 1.82) is 0 Å². The van der Waals surface area contributed by atoms with Crippen LogP contribution in [0.25, 0.3) is 0 Å². The lowest BCUT2D eigenvalue weighted by Crippen LogP contribution is -2.75. The summed E-state index contributed by atoms with van der Waals surface area (Å²) >= 11 is 1.86. The van der Waals surface area contributed by atoms with Gasteiger partial charge in [-0.15, -0.1) is 11.3 Å². The van der Waals surface area contributed by atoms with Crippen molar-refractivity contribution in [1.82, 2.24) is 10.3 Å². The topological polar surface area (TPSA) is 77.2 Å². The largest absolute Gasteiger partial charge is 0.378 e. The lowest BCUT2D eigenvalue weighted by atomic mass is 9.54. The molecule has 1 fully saturated rings. The van der Waals surface area contributed by atoms with Crippen LogP contribution in [0.4, 0.5) is 0 Å². The van der Waals surface area contributed by atoms with Gasteiger partial charge in [-0.25, -0.2) is 4.98 Å². The predicted octanol–water partition coefficient (Wildman–Crippen LogP) is 2.60. The molecule has 5 nitrogen and oxygen atoms in total. The molecule has 1 aromatic rings. The number of amides is 1. The van der Waals surface area contributed by atoms with Crippen molar-refractivity contribution >= 4 is 17.2 Å². The Hall–Kier alpha value is -0.980. The number of rotatable bonds is 7. The van der Waals surface area contributed by atoms with Crippen molar-refractivity contribution in [3.63, 3.8) is 0 Å². The molecular weight excluding hydrogens is 334 g/mol. The molecule has 6 heteroatoms. The quantitative estimate of drug-likeness (QED) is 0.728. The fraction of sp³-hybridized carbons (Fsp3) is 0.789. The molecule has 3 N–H and O–H groups in total. The van der Waals surface area contributed by atoms with Crippen LogP contribution in [0.3, 0.4) is 0 Å². The summed E-state index contributed by atoms with van der Waals surface area (Å²) in [6, 6.07) is 0. The molecule has 1 amide bonds. The molecule has 3 rings (SSSR count). The molecule has 0 radical (unpaired) electrons. The summed E-state index contributed by atoms with van der Waals surface area (Å²) in [4.78, 5) is 18.8. The van der Waals surface area contributed by atoms with Crippen molar-refractivity contribution in [3.8, 4) is 0 Å². The first-order chi connectivity index (χ1) is 11.9. The fourth-order valence-electron chi connectivity index (χ4n) is 3.93. The Morgan fingerprint density at radius 2 is 2.16 bits per heavy atom. The maximum atomic E-state index is 12.6. The van der Waals surface area contributed by atoms with E-state index in [0.29, 0.717) is 19.6 Å². The van der Waals surface area contributed by atoms with Crippen molar-refractivity contribution in [2.75, 3.05) is 13.2 Å². The highest BCUT2D eigenvalue weighted by Gasteiger charge is 2.62. The Morgan fingerprint density at radius 1 is 1.40 bits per heavy atom. The second kappa shape index (κ2) is 7.33. The first kappa shape index (κ1) is 18.8. The summed E-state index contributed by atoms with van der Waals surface area (Å²) in [6.45, 7) is 7.33. The standard InChI is InChI=1S/C19H31N3O2S/c1-4-24-15-12-19(20,18(15,2)3)17(23)21-11-7-10-16-22-13-8-5-6-9-14(13)25-16/h15H,4-12,20H2,1-3H3,(H,21,23). The summed E-state index contributed by atoms with van der Waals surface area (Å²) in [6.07, 6.45) is 7.38. The lowest BCUT2D eigenvalue weighted by Gasteiger charge is -2.57. The number of fused-ring (bicyclic) bond motifs is 1. The molecule has 2 aliphatic rings. The van der Waals surface area contributed by atoms with E-state index in [1.54, 1.807) is 0 Å². The monoisotopic (exact) mass is 365 g/mol. The van der Waals surface area contributed by atoms with Gasteiger partial charge in [-0.1, -0.05) is 13.8 Å². The molecule has 1 aromatic heterocycles. The van der Waals surface area contributed by atoms with Crippen LogP contribution in [0.5, 0.6) is 0 Å². The van der Waals surface area contributed by atoms with Gasteiger partial charge in [-0.2, -0.15) is 0 Å². The molecule has 0 bridgehead atoms. The van der Waals surface area contributed by atoms with Crippen LogP contribution in [-0.2, 0) is 28.8 Å². The van der Waals surface area contributed by atoms with E-state index in [1.807, 2.05) is 32.1 Å². The van der Waals surface area contributed by atoms with E-state index in [9.17, 15) is 4.79 Å². The maximum absolute atomic E-state index is 12.6. The fourth-order valence-corrected chi connectivity index (χ4v) is 5.13. The molecule has 2 unspecified atom stereocenters. The zero-order chi connectivity index (χ0) is 18.1. The third kappa shape index (κ3) is 3.49. The molecule has 25 heavy (non-hydrogen) atoms. The normalized spacial score (nSPS) is 27.4. The van der Waals surface area contributed by atoms with Crippen LogP contribution in [0, 0.1) is 5.41 Å². The SMILES string of the molecule is CCOC1CC(N)(C(=O)NCCCc2nc3c(s2)CCCC3)C1(C)C. The third-order valence-electron chi connectivity index (χ3n) is 5.98. The van der Waals surface area contributed by atoms with Gasteiger partial charge in [0, 0.05) is 36.3 Å². The summed E-state index contributed by atoms with van der Waals surface area (Å²) in [5.41, 5.74) is 6.56. The molecule has 2 aliphatic carbocycles. The van der Waals surface area contributed by atoms with Crippen LogP contribution >= 0.6 is 11.3 Å². The number of thiazole rings is 1. The number of aromatic nitrogens is 1. The lowest BCUT2D eigenvalue weighted by molar-refractivity contribution is -0.170. The molecule has 140 valence electrons. The number of ether oxygens (including phenoxy) is 1.